The van der Waals surface area contributed by atoms with E-state index in [1.54, 1.807) is 0 Å². The van der Waals surface area contributed by atoms with Crippen molar-refractivity contribution in [3.05, 3.63) is 0 Å². The van der Waals surface area contributed by atoms with Gasteiger partial charge in [-0.05, 0) is 6.42 Å². The average molecular weight is 327 g/mol. The fraction of sp³-hybridized carbons (Fsp3) is 0.857. The van der Waals surface area contributed by atoms with E-state index in [2.05, 4.69) is 28.4 Å². The monoisotopic (exact) mass is 327 g/mol. The van der Waals surface area contributed by atoms with Gasteiger partial charge < -0.3 is 19.3 Å². The fourth-order valence-electron chi connectivity index (χ4n) is 2.34. The summed E-state index contributed by atoms with van der Waals surface area (Å²) in [7, 11) is 1.18. The topological polar surface area (TPSA) is 119 Å². The molecule has 0 aromatic heterocycles. The Balaban J connectivity index is 0.000000433. The molecule has 23 heavy (non-hydrogen) atoms. The molecule has 0 saturated carbocycles. The van der Waals surface area contributed by atoms with E-state index in [0.29, 0.717) is 0 Å². The van der Waals surface area contributed by atoms with E-state index in [1.165, 1.54) is 69.0 Å². The lowest BCUT2D eigenvalue weighted by molar-refractivity contribution is -0.897. The summed E-state index contributed by atoms with van der Waals surface area (Å²) in [4.78, 5) is 7.84. The van der Waals surface area contributed by atoms with Crippen molar-refractivity contribution in [1.29, 1.82) is 10.5 Å². The van der Waals surface area contributed by atoms with Crippen molar-refractivity contribution in [2.45, 2.75) is 38.2 Å². The second-order valence-electron chi connectivity index (χ2n) is 5.82. The van der Waals surface area contributed by atoms with Gasteiger partial charge in [0.25, 0.3) is 5.60 Å². The molecule has 0 aromatic rings. The number of rotatable bonds is 8. The minimum absolute atomic E-state index is 0.396. The molecule has 1 N–H and O–H groups in total. The van der Waals surface area contributed by atoms with Gasteiger partial charge in [0.15, 0.2) is 0 Å². The lowest BCUT2D eigenvalue weighted by atomic mass is 10.1. The summed E-state index contributed by atoms with van der Waals surface area (Å²) < 4.78 is 5.84. The van der Waals surface area contributed by atoms with Gasteiger partial charge in [0, 0.05) is 20.0 Å². The average Bonchev–Trinajstić information content (AvgIpc) is 2.97. The van der Waals surface area contributed by atoms with Crippen molar-refractivity contribution in [2.75, 3.05) is 40.4 Å². The van der Waals surface area contributed by atoms with Gasteiger partial charge in [0.1, 0.15) is 18.7 Å². The molecule has 0 bridgehead atoms. The number of unbranched alkanes of at least 4 members (excludes halogenated alkanes) is 1. The van der Waals surface area contributed by atoms with E-state index >= 15 is 0 Å². The zero-order chi connectivity index (χ0) is 17.8. The Hall–Kier alpha value is -1.20. The van der Waals surface area contributed by atoms with E-state index in [9.17, 15) is 5.02 Å². The molecule has 0 amide bonds. The van der Waals surface area contributed by atoms with Crippen LogP contribution in [-0.2, 0) is 14.4 Å². The smallest absolute Gasteiger partial charge is 0.387 e. The van der Waals surface area contributed by atoms with Crippen LogP contribution >= 0.6 is 0 Å². The van der Waals surface area contributed by atoms with E-state index in [-0.39, 0.29) is 0 Å². The van der Waals surface area contributed by atoms with Crippen LogP contribution in [0.3, 0.4) is 0 Å². The SMILES string of the molecule is CCCC[N+]1(C)CCCC1.COCC(C#N)(C#N)OOB([O-])O. The molecule has 1 aliphatic rings. The first-order chi connectivity index (χ1) is 10.9. The molecule has 0 radical (unpaired) electrons. The van der Waals surface area contributed by atoms with E-state index in [4.69, 9.17) is 15.5 Å². The molecule has 0 spiro atoms. The van der Waals surface area contributed by atoms with Crippen molar-refractivity contribution >= 4 is 7.32 Å². The molecule has 9 heteroatoms. The van der Waals surface area contributed by atoms with Gasteiger partial charge in [-0.2, -0.15) is 10.5 Å². The van der Waals surface area contributed by atoms with Crippen LogP contribution in [0.1, 0.15) is 32.6 Å². The summed E-state index contributed by atoms with van der Waals surface area (Å²) in [6.07, 6.45) is 5.69. The van der Waals surface area contributed by atoms with Crippen LogP contribution in [0.2, 0.25) is 0 Å². The molecule has 0 atom stereocenters. The number of nitriles is 2. The molecule has 0 aliphatic carbocycles. The number of hydrogen-bond donors (Lipinski definition) is 1. The molecule has 1 saturated heterocycles. The summed E-state index contributed by atoms with van der Waals surface area (Å²) in [5, 5.41) is 35.0. The lowest BCUT2D eigenvalue weighted by Gasteiger charge is -2.28. The first-order valence-corrected chi connectivity index (χ1v) is 7.70. The minimum atomic E-state index is -2.46. The summed E-state index contributed by atoms with van der Waals surface area (Å²) >= 11 is 0. The van der Waals surface area contributed by atoms with Crippen LogP contribution in [0, 0.1) is 22.7 Å². The van der Waals surface area contributed by atoms with Crippen LogP contribution < -0.4 is 5.02 Å². The van der Waals surface area contributed by atoms with E-state index < -0.39 is 19.5 Å². The van der Waals surface area contributed by atoms with Crippen LogP contribution in [-0.4, -0.2) is 62.8 Å². The predicted octanol–water partition coefficient (Wildman–Crippen LogP) is -0.269. The second-order valence-corrected chi connectivity index (χ2v) is 5.82. The molecule has 0 aromatic carbocycles. The highest BCUT2D eigenvalue weighted by atomic mass is 17.2. The Labute approximate surface area is 138 Å². The van der Waals surface area contributed by atoms with Crippen molar-refractivity contribution in [3.8, 4) is 12.1 Å². The quantitative estimate of drug-likeness (QED) is 0.282. The summed E-state index contributed by atoms with van der Waals surface area (Å²) in [6.45, 7) is 6.16. The Morgan fingerprint density at radius 2 is 1.87 bits per heavy atom. The van der Waals surface area contributed by atoms with Gasteiger partial charge in [0.05, 0.1) is 26.7 Å². The van der Waals surface area contributed by atoms with Crippen LogP contribution in [0.5, 0.6) is 0 Å². The zero-order valence-corrected chi connectivity index (χ0v) is 14.2. The van der Waals surface area contributed by atoms with Gasteiger partial charge in [-0.25, -0.2) is 4.89 Å². The summed E-state index contributed by atoms with van der Waals surface area (Å²) in [6, 6.07) is 2.88. The third kappa shape index (κ3) is 8.87. The van der Waals surface area contributed by atoms with Crippen molar-refractivity contribution < 1.29 is 29.0 Å². The highest BCUT2D eigenvalue weighted by Gasteiger charge is 2.33. The van der Waals surface area contributed by atoms with Crippen LogP contribution in [0.25, 0.3) is 0 Å². The Morgan fingerprint density at radius 1 is 1.30 bits per heavy atom. The van der Waals surface area contributed by atoms with Gasteiger partial charge in [-0.15, -0.1) is 0 Å². The number of nitrogens with zero attached hydrogens (tertiary/aromatic N) is 3. The first-order valence-electron chi connectivity index (χ1n) is 7.70. The van der Waals surface area contributed by atoms with Crippen LogP contribution in [0.4, 0.5) is 0 Å². The molecule has 0 unspecified atom stereocenters. The molecule has 1 heterocycles. The lowest BCUT2D eigenvalue weighted by Crippen LogP contribution is -2.41. The van der Waals surface area contributed by atoms with E-state index in [1.807, 2.05) is 0 Å². The minimum Gasteiger partial charge on any atom is -0.830 e. The first kappa shape index (κ1) is 21.8. The number of likely N-dealkylation sites (tertiary alicyclic amines) is 1. The van der Waals surface area contributed by atoms with Gasteiger partial charge >= 0.3 is 7.32 Å². The third-order valence-corrected chi connectivity index (χ3v) is 3.68. The highest BCUT2D eigenvalue weighted by molar-refractivity contribution is 6.30. The predicted molar refractivity (Wildman–Crippen MR) is 80.9 cm³/mol. The number of quaternary nitrogens is 1. The molecule has 130 valence electrons. The Kier molecular flexibility index (Phi) is 10.8. The fourth-order valence-corrected chi connectivity index (χ4v) is 2.34. The summed E-state index contributed by atoms with van der Waals surface area (Å²) in [5.74, 6) is 0. The number of methoxy groups -OCH3 is 1. The maximum atomic E-state index is 9.96. The third-order valence-electron chi connectivity index (χ3n) is 3.68. The molecule has 1 rings (SSSR count). The van der Waals surface area contributed by atoms with Gasteiger partial charge in [0.2, 0.25) is 0 Å². The zero-order valence-electron chi connectivity index (χ0n) is 14.2. The van der Waals surface area contributed by atoms with Crippen LogP contribution in [0.15, 0.2) is 0 Å². The Bertz CT molecular complexity index is 388. The van der Waals surface area contributed by atoms with E-state index in [0.717, 1.165) is 0 Å². The van der Waals surface area contributed by atoms with Crippen molar-refractivity contribution in [3.63, 3.8) is 0 Å². The largest absolute Gasteiger partial charge is 0.830 e. The van der Waals surface area contributed by atoms with Gasteiger partial charge in [-0.3, -0.25) is 4.81 Å². The second kappa shape index (κ2) is 11.4. The normalized spacial score (nSPS) is 16.0. The summed E-state index contributed by atoms with van der Waals surface area (Å²) in [5.41, 5.74) is -2.03. The molecule has 1 aliphatic heterocycles. The number of hydrogen-bond acceptors (Lipinski definition) is 7. The Morgan fingerprint density at radius 3 is 2.26 bits per heavy atom. The maximum absolute atomic E-state index is 9.96. The van der Waals surface area contributed by atoms with Gasteiger partial charge in [-0.1, -0.05) is 13.3 Å². The highest BCUT2D eigenvalue weighted by Crippen LogP contribution is 2.16. The number of ether oxygens (including phenoxy) is 1. The molecule has 1 fully saturated rings. The van der Waals surface area contributed by atoms with Crippen molar-refractivity contribution in [2.24, 2.45) is 0 Å². The standard InChI is InChI=1S/C9H20N.C5H6BN2O5/c1-3-4-7-10(2)8-5-6-9-10;1-11-4-5(2-7,3-8)12-13-6(9)10/h3-9H2,1-2H3;9H,4H2,1H3/q+1;-1. The molecular formula is C14H26BN3O5. The maximum Gasteiger partial charge on any atom is 0.387 e. The molecule has 8 nitrogen and oxygen atoms in total. The van der Waals surface area contributed by atoms with Crippen molar-refractivity contribution in [1.82, 2.24) is 0 Å². The molecular weight excluding hydrogens is 301 g/mol.